The summed E-state index contributed by atoms with van der Waals surface area (Å²) in [5, 5.41) is 3.35. The highest BCUT2D eigenvalue weighted by atomic mass is 28.1. The van der Waals surface area contributed by atoms with E-state index in [9.17, 15) is 0 Å². The van der Waals surface area contributed by atoms with Crippen molar-refractivity contribution in [1.29, 1.82) is 0 Å². The number of rotatable bonds is 7. The van der Waals surface area contributed by atoms with Gasteiger partial charge in [-0.15, -0.1) is 0 Å². The summed E-state index contributed by atoms with van der Waals surface area (Å²) < 4.78 is 5.18. The molecule has 0 aliphatic rings. The Morgan fingerprint density at radius 3 is 2.64 bits per heavy atom. The van der Waals surface area contributed by atoms with Crippen molar-refractivity contribution in [3.63, 3.8) is 0 Å². The van der Waals surface area contributed by atoms with E-state index in [2.05, 4.69) is 12.2 Å². The monoisotopic (exact) mass is 175 g/mol. The van der Waals surface area contributed by atoms with Gasteiger partial charge in [-0.2, -0.15) is 0 Å². The van der Waals surface area contributed by atoms with Crippen LogP contribution in [-0.4, -0.2) is 30.1 Å². The van der Waals surface area contributed by atoms with Crippen LogP contribution < -0.4 is 5.32 Å². The normalized spacial score (nSPS) is 13.6. The van der Waals surface area contributed by atoms with Crippen LogP contribution in [0.2, 0.25) is 6.04 Å². The number of unbranched alkanes of at least 4 members (excludes halogenated alkanes) is 1. The highest BCUT2D eigenvalue weighted by Crippen LogP contribution is 1.94. The molecule has 0 bridgehead atoms. The molecule has 3 heteroatoms. The van der Waals surface area contributed by atoms with Crippen LogP contribution in [0.25, 0.3) is 0 Å². The van der Waals surface area contributed by atoms with E-state index < -0.39 is 0 Å². The second-order valence-corrected chi connectivity index (χ2v) is 3.79. The minimum Gasteiger partial charge on any atom is -0.367 e. The van der Waals surface area contributed by atoms with Crippen LogP contribution in [-0.2, 0) is 4.74 Å². The summed E-state index contributed by atoms with van der Waals surface area (Å²) in [7, 11) is 3.10. The molecule has 11 heavy (non-hydrogen) atoms. The fourth-order valence-electron chi connectivity index (χ4n) is 1.03. The standard InChI is InChI=1S/C8H21NOSi/c1-3-8(10-2)9-6-4-5-7-11/h8-9H,3-7H2,1-2,11H3. The molecule has 1 N–H and O–H groups in total. The van der Waals surface area contributed by atoms with Crippen molar-refractivity contribution >= 4 is 10.2 Å². The number of ether oxygens (including phenoxy) is 1. The zero-order valence-electron chi connectivity index (χ0n) is 8.02. The number of methoxy groups -OCH3 is 1. The Morgan fingerprint density at radius 1 is 1.45 bits per heavy atom. The van der Waals surface area contributed by atoms with Crippen molar-refractivity contribution in [2.24, 2.45) is 0 Å². The van der Waals surface area contributed by atoms with E-state index in [1.807, 2.05) is 0 Å². The third-order valence-corrected chi connectivity index (χ3v) is 2.51. The van der Waals surface area contributed by atoms with E-state index in [0.717, 1.165) is 13.0 Å². The quantitative estimate of drug-likeness (QED) is 0.346. The largest absolute Gasteiger partial charge is 0.367 e. The molecule has 0 saturated carbocycles. The summed E-state index contributed by atoms with van der Waals surface area (Å²) in [6.45, 7) is 3.24. The second kappa shape index (κ2) is 8.24. The van der Waals surface area contributed by atoms with Gasteiger partial charge in [0.2, 0.25) is 0 Å². The van der Waals surface area contributed by atoms with Crippen molar-refractivity contribution in [3.05, 3.63) is 0 Å². The van der Waals surface area contributed by atoms with Crippen molar-refractivity contribution < 1.29 is 4.74 Å². The Bertz CT molecular complexity index is 76.5. The molecular weight excluding hydrogens is 154 g/mol. The minimum absolute atomic E-state index is 0.268. The third kappa shape index (κ3) is 6.53. The maximum Gasteiger partial charge on any atom is 0.107 e. The van der Waals surface area contributed by atoms with Gasteiger partial charge in [-0.3, -0.25) is 5.32 Å². The molecule has 0 aliphatic heterocycles. The van der Waals surface area contributed by atoms with Crippen LogP contribution in [0.4, 0.5) is 0 Å². The first kappa shape index (κ1) is 11.1. The molecule has 0 fully saturated rings. The lowest BCUT2D eigenvalue weighted by molar-refractivity contribution is 0.0709. The molecule has 0 rings (SSSR count). The SMILES string of the molecule is CCC(NCCCC[SiH3])OC. The van der Waals surface area contributed by atoms with Gasteiger partial charge in [0.1, 0.15) is 6.23 Å². The molecule has 2 nitrogen and oxygen atoms in total. The summed E-state index contributed by atoms with van der Waals surface area (Å²) in [6.07, 6.45) is 3.99. The van der Waals surface area contributed by atoms with E-state index in [0.29, 0.717) is 0 Å². The predicted octanol–water partition coefficient (Wildman–Crippen LogP) is 0.522. The van der Waals surface area contributed by atoms with Crippen LogP contribution in [0.15, 0.2) is 0 Å². The highest BCUT2D eigenvalue weighted by molar-refractivity contribution is 6.08. The first-order valence-electron chi connectivity index (χ1n) is 4.61. The van der Waals surface area contributed by atoms with Crippen LogP contribution in [0, 0.1) is 0 Å². The number of hydrogen-bond donors (Lipinski definition) is 1. The maximum absolute atomic E-state index is 5.18. The second-order valence-electron chi connectivity index (χ2n) is 2.79. The summed E-state index contributed by atoms with van der Waals surface area (Å²) in [5.41, 5.74) is 0. The topological polar surface area (TPSA) is 21.3 Å². The van der Waals surface area contributed by atoms with E-state index in [4.69, 9.17) is 4.74 Å². The summed E-state index contributed by atoms with van der Waals surface area (Å²) in [4.78, 5) is 0. The Hall–Kier alpha value is 0.137. The number of nitrogens with one attached hydrogen (secondary N) is 1. The van der Waals surface area contributed by atoms with Gasteiger partial charge in [-0.1, -0.05) is 19.4 Å². The van der Waals surface area contributed by atoms with Crippen LogP contribution in [0.5, 0.6) is 0 Å². The molecule has 68 valence electrons. The molecule has 0 saturated heterocycles. The first-order chi connectivity index (χ1) is 5.35. The number of hydrogen-bond acceptors (Lipinski definition) is 2. The lowest BCUT2D eigenvalue weighted by Crippen LogP contribution is -2.30. The molecule has 0 aromatic carbocycles. The van der Waals surface area contributed by atoms with Gasteiger partial charge in [0.05, 0.1) is 0 Å². The fourth-order valence-corrected chi connectivity index (χ4v) is 1.53. The molecule has 0 radical (unpaired) electrons. The van der Waals surface area contributed by atoms with Crippen LogP contribution in [0.3, 0.4) is 0 Å². The molecule has 0 aromatic rings. The molecule has 0 aliphatic carbocycles. The summed E-state index contributed by atoms with van der Waals surface area (Å²) >= 11 is 0. The average molecular weight is 175 g/mol. The Labute approximate surface area is 73.1 Å². The van der Waals surface area contributed by atoms with Crippen molar-refractivity contribution in [1.82, 2.24) is 5.32 Å². The summed E-state index contributed by atoms with van der Waals surface area (Å²) in [5.74, 6) is 0. The van der Waals surface area contributed by atoms with Crippen molar-refractivity contribution in [2.45, 2.75) is 38.5 Å². The fraction of sp³-hybridized carbons (Fsp3) is 1.00. The molecule has 1 unspecified atom stereocenters. The zero-order valence-corrected chi connectivity index (χ0v) is 10.0. The zero-order chi connectivity index (χ0) is 8.53. The smallest absolute Gasteiger partial charge is 0.107 e. The lowest BCUT2D eigenvalue weighted by atomic mass is 10.3. The van der Waals surface area contributed by atoms with Gasteiger partial charge in [0.15, 0.2) is 0 Å². The third-order valence-electron chi connectivity index (χ3n) is 1.81. The lowest BCUT2D eigenvalue weighted by Gasteiger charge is -2.14. The Morgan fingerprint density at radius 2 is 2.18 bits per heavy atom. The van der Waals surface area contributed by atoms with Gasteiger partial charge < -0.3 is 4.74 Å². The van der Waals surface area contributed by atoms with Crippen molar-refractivity contribution in [2.75, 3.05) is 13.7 Å². The Kier molecular flexibility index (Phi) is 8.34. The molecular formula is C8H21NOSi. The molecule has 0 aromatic heterocycles. The molecule has 0 spiro atoms. The van der Waals surface area contributed by atoms with Gasteiger partial charge in [-0.05, 0) is 19.4 Å². The molecule has 1 atom stereocenters. The van der Waals surface area contributed by atoms with E-state index >= 15 is 0 Å². The van der Waals surface area contributed by atoms with E-state index in [1.54, 1.807) is 7.11 Å². The van der Waals surface area contributed by atoms with Crippen LogP contribution in [0.1, 0.15) is 26.2 Å². The Balaban J connectivity index is 3.07. The first-order valence-corrected chi connectivity index (χ1v) is 6.02. The average Bonchev–Trinajstić information content (AvgIpc) is 2.05. The van der Waals surface area contributed by atoms with Gasteiger partial charge in [-0.25, -0.2) is 0 Å². The predicted molar refractivity (Wildman–Crippen MR) is 53.1 cm³/mol. The summed E-state index contributed by atoms with van der Waals surface area (Å²) in [6, 6.07) is 1.42. The van der Waals surface area contributed by atoms with Gasteiger partial charge in [0, 0.05) is 17.4 Å². The highest BCUT2D eigenvalue weighted by Gasteiger charge is 1.99. The van der Waals surface area contributed by atoms with Crippen molar-refractivity contribution in [3.8, 4) is 0 Å². The molecule has 0 amide bonds. The minimum atomic E-state index is 0.268. The van der Waals surface area contributed by atoms with Crippen LogP contribution >= 0.6 is 0 Å². The van der Waals surface area contributed by atoms with Gasteiger partial charge >= 0.3 is 0 Å². The van der Waals surface area contributed by atoms with Gasteiger partial charge in [0.25, 0.3) is 0 Å². The van der Waals surface area contributed by atoms with E-state index in [1.165, 1.54) is 29.1 Å². The maximum atomic E-state index is 5.18. The molecule has 0 heterocycles. The van der Waals surface area contributed by atoms with E-state index in [-0.39, 0.29) is 6.23 Å².